The lowest BCUT2D eigenvalue weighted by molar-refractivity contribution is 0.0216. The molecule has 0 heterocycles. The second kappa shape index (κ2) is 6.95. The topological polar surface area (TPSA) is 73.6 Å². The van der Waals surface area contributed by atoms with Crippen LogP contribution in [0.25, 0.3) is 0 Å². The summed E-state index contributed by atoms with van der Waals surface area (Å²) in [5.74, 6) is 0. The SMILES string of the molecule is CC(C)(C)OC(=O)NC1CCC(OCCN)CC1. The fourth-order valence-electron chi connectivity index (χ4n) is 2.08. The van der Waals surface area contributed by atoms with Crippen LogP contribution >= 0.6 is 0 Å². The van der Waals surface area contributed by atoms with Crippen molar-refractivity contribution < 1.29 is 14.3 Å². The third-order valence-corrected chi connectivity index (χ3v) is 2.87. The van der Waals surface area contributed by atoms with Crippen LogP contribution in [0.3, 0.4) is 0 Å². The van der Waals surface area contributed by atoms with Gasteiger partial charge >= 0.3 is 6.09 Å². The van der Waals surface area contributed by atoms with Gasteiger partial charge in [-0.15, -0.1) is 0 Å². The van der Waals surface area contributed by atoms with Gasteiger partial charge in [0, 0.05) is 12.6 Å². The van der Waals surface area contributed by atoms with Crippen LogP contribution in [-0.2, 0) is 9.47 Å². The zero-order chi connectivity index (χ0) is 13.6. The number of ether oxygens (including phenoxy) is 2. The lowest BCUT2D eigenvalue weighted by Crippen LogP contribution is -2.42. The normalized spacial score (nSPS) is 24.7. The lowest BCUT2D eigenvalue weighted by Gasteiger charge is -2.30. The van der Waals surface area contributed by atoms with Gasteiger partial charge in [0.05, 0.1) is 12.7 Å². The van der Waals surface area contributed by atoms with Crippen molar-refractivity contribution in [3.05, 3.63) is 0 Å². The Morgan fingerprint density at radius 2 is 1.89 bits per heavy atom. The van der Waals surface area contributed by atoms with E-state index in [1.165, 1.54) is 0 Å². The predicted molar refractivity (Wildman–Crippen MR) is 70.4 cm³/mol. The Bertz CT molecular complexity index is 255. The lowest BCUT2D eigenvalue weighted by atomic mass is 9.93. The van der Waals surface area contributed by atoms with E-state index in [4.69, 9.17) is 15.2 Å². The number of carbonyl (C=O) groups excluding carboxylic acids is 1. The zero-order valence-electron chi connectivity index (χ0n) is 11.7. The highest BCUT2D eigenvalue weighted by molar-refractivity contribution is 5.68. The molecule has 0 aromatic heterocycles. The Kier molecular flexibility index (Phi) is 5.88. The molecule has 18 heavy (non-hydrogen) atoms. The number of amides is 1. The van der Waals surface area contributed by atoms with Crippen molar-refractivity contribution in [1.29, 1.82) is 0 Å². The minimum absolute atomic E-state index is 0.206. The fourth-order valence-corrected chi connectivity index (χ4v) is 2.08. The Balaban J connectivity index is 2.21. The molecule has 0 aromatic carbocycles. The van der Waals surface area contributed by atoms with E-state index in [1.807, 2.05) is 20.8 Å². The van der Waals surface area contributed by atoms with Crippen LogP contribution in [-0.4, -0.2) is 37.0 Å². The van der Waals surface area contributed by atoms with Crippen molar-refractivity contribution >= 4 is 6.09 Å². The average Bonchev–Trinajstić information content (AvgIpc) is 2.25. The summed E-state index contributed by atoms with van der Waals surface area (Å²) in [4.78, 5) is 11.6. The largest absolute Gasteiger partial charge is 0.444 e. The smallest absolute Gasteiger partial charge is 0.407 e. The van der Waals surface area contributed by atoms with Gasteiger partial charge in [-0.2, -0.15) is 0 Å². The van der Waals surface area contributed by atoms with E-state index >= 15 is 0 Å². The summed E-state index contributed by atoms with van der Waals surface area (Å²) in [6.45, 7) is 6.78. The van der Waals surface area contributed by atoms with E-state index in [1.54, 1.807) is 0 Å². The summed E-state index contributed by atoms with van der Waals surface area (Å²) in [6.07, 6.45) is 3.79. The first kappa shape index (κ1) is 15.2. The van der Waals surface area contributed by atoms with E-state index in [0.29, 0.717) is 19.3 Å². The summed E-state index contributed by atoms with van der Waals surface area (Å²) in [6, 6.07) is 0.206. The highest BCUT2D eigenvalue weighted by Gasteiger charge is 2.24. The van der Waals surface area contributed by atoms with Crippen molar-refractivity contribution in [1.82, 2.24) is 5.32 Å². The van der Waals surface area contributed by atoms with E-state index in [9.17, 15) is 4.79 Å². The van der Waals surface area contributed by atoms with Crippen molar-refractivity contribution in [2.24, 2.45) is 5.73 Å². The molecule has 0 bridgehead atoms. The molecule has 1 rings (SSSR count). The van der Waals surface area contributed by atoms with E-state index in [-0.39, 0.29) is 12.1 Å². The number of hydrogen-bond donors (Lipinski definition) is 2. The van der Waals surface area contributed by atoms with Crippen LogP contribution in [0.4, 0.5) is 4.79 Å². The minimum atomic E-state index is -0.439. The van der Waals surface area contributed by atoms with Crippen LogP contribution in [0.1, 0.15) is 46.5 Å². The number of nitrogens with one attached hydrogen (secondary N) is 1. The summed E-state index contributed by atoms with van der Waals surface area (Å²) in [7, 11) is 0. The summed E-state index contributed by atoms with van der Waals surface area (Å²) >= 11 is 0. The molecule has 0 aliphatic heterocycles. The molecule has 3 N–H and O–H groups in total. The molecule has 0 unspecified atom stereocenters. The number of alkyl carbamates (subject to hydrolysis) is 1. The van der Waals surface area contributed by atoms with Gasteiger partial charge in [0.15, 0.2) is 0 Å². The van der Waals surface area contributed by atoms with E-state index < -0.39 is 5.60 Å². The van der Waals surface area contributed by atoms with Crippen molar-refractivity contribution in [2.45, 2.75) is 64.2 Å². The molecular weight excluding hydrogens is 232 g/mol. The molecular formula is C13H26N2O3. The van der Waals surface area contributed by atoms with Gasteiger partial charge in [-0.25, -0.2) is 4.79 Å². The molecule has 106 valence electrons. The van der Waals surface area contributed by atoms with Crippen LogP contribution in [0.15, 0.2) is 0 Å². The number of hydrogen-bond acceptors (Lipinski definition) is 4. The number of carbonyl (C=O) groups is 1. The van der Waals surface area contributed by atoms with Crippen LogP contribution < -0.4 is 11.1 Å². The summed E-state index contributed by atoms with van der Waals surface area (Å²) in [5.41, 5.74) is 4.96. The van der Waals surface area contributed by atoms with Gasteiger partial charge in [0.1, 0.15) is 5.60 Å². The van der Waals surface area contributed by atoms with Crippen molar-refractivity contribution in [3.63, 3.8) is 0 Å². The first-order chi connectivity index (χ1) is 8.40. The Hall–Kier alpha value is -0.810. The zero-order valence-corrected chi connectivity index (χ0v) is 11.7. The summed E-state index contributed by atoms with van der Waals surface area (Å²) in [5, 5.41) is 2.91. The molecule has 0 atom stereocenters. The van der Waals surface area contributed by atoms with Gasteiger partial charge in [0.25, 0.3) is 0 Å². The number of rotatable bonds is 4. The van der Waals surface area contributed by atoms with Gasteiger partial charge < -0.3 is 20.5 Å². The monoisotopic (exact) mass is 258 g/mol. The molecule has 0 spiro atoms. The Morgan fingerprint density at radius 3 is 2.39 bits per heavy atom. The van der Waals surface area contributed by atoms with Gasteiger partial charge in [-0.05, 0) is 46.5 Å². The second-order valence-electron chi connectivity index (χ2n) is 5.78. The first-order valence-corrected chi connectivity index (χ1v) is 6.72. The standard InChI is InChI=1S/C13H26N2O3/c1-13(2,3)18-12(16)15-10-4-6-11(7-5-10)17-9-8-14/h10-11H,4-9,14H2,1-3H3,(H,15,16). The molecule has 0 aromatic rings. The van der Waals surface area contributed by atoms with Crippen molar-refractivity contribution in [2.75, 3.05) is 13.2 Å². The maximum atomic E-state index is 11.6. The van der Waals surface area contributed by atoms with Gasteiger partial charge in [-0.1, -0.05) is 0 Å². The molecule has 1 aliphatic rings. The summed E-state index contributed by atoms with van der Waals surface area (Å²) < 4.78 is 10.8. The average molecular weight is 258 g/mol. The van der Waals surface area contributed by atoms with Gasteiger partial charge in [0.2, 0.25) is 0 Å². The molecule has 0 saturated heterocycles. The Morgan fingerprint density at radius 1 is 1.28 bits per heavy atom. The highest BCUT2D eigenvalue weighted by atomic mass is 16.6. The molecule has 5 heteroatoms. The second-order valence-corrected chi connectivity index (χ2v) is 5.78. The first-order valence-electron chi connectivity index (χ1n) is 6.72. The predicted octanol–water partition coefficient (Wildman–Crippen LogP) is 1.80. The highest BCUT2D eigenvalue weighted by Crippen LogP contribution is 2.21. The third kappa shape index (κ3) is 6.21. The Labute approximate surface area is 109 Å². The fraction of sp³-hybridized carbons (Fsp3) is 0.923. The molecule has 1 fully saturated rings. The molecule has 5 nitrogen and oxygen atoms in total. The van der Waals surface area contributed by atoms with Crippen LogP contribution in [0, 0.1) is 0 Å². The number of nitrogens with two attached hydrogens (primary N) is 1. The molecule has 1 amide bonds. The molecule has 1 saturated carbocycles. The maximum Gasteiger partial charge on any atom is 0.407 e. The van der Waals surface area contributed by atoms with E-state index in [2.05, 4.69) is 5.32 Å². The van der Waals surface area contributed by atoms with Crippen LogP contribution in [0.5, 0.6) is 0 Å². The van der Waals surface area contributed by atoms with Crippen molar-refractivity contribution in [3.8, 4) is 0 Å². The third-order valence-electron chi connectivity index (χ3n) is 2.87. The van der Waals surface area contributed by atoms with Gasteiger partial charge in [-0.3, -0.25) is 0 Å². The minimum Gasteiger partial charge on any atom is -0.444 e. The molecule has 0 radical (unpaired) electrons. The van der Waals surface area contributed by atoms with Crippen LogP contribution in [0.2, 0.25) is 0 Å². The maximum absolute atomic E-state index is 11.6. The quantitative estimate of drug-likeness (QED) is 0.806. The molecule has 1 aliphatic carbocycles. The van der Waals surface area contributed by atoms with E-state index in [0.717, 1.165) is 25.7 Å².